The van der Waals surface area contributed by atoms with Gasteiger partial charge < -0.3 is 9.47 Å². The van der Waals surface area contributed by atoms with E-state index in [4.69, 9.17) is 9.47 Å². The van der Waals surface area contributed by atoms with E-state index in [1.807, 2.05) is 48.7 Å². The molecular formula is C22H23FN2O2. The molecule has 0 saturated carbocycles. The maximum absolute atomic E-state index is 14.2. The van der Waals surface area contributed by atoms with Gasteiger partial charge in [-0.1, -0.05) is 30.3 Å². The number of hydrogen-bond donors (Lipinski definition) is 0. The second-order valence-corrected chi connectivity index (χ2v) is 6.28. The van der Waals surface area contributed by atoms with Crippen molar-refractivity contribution in [2.45, 2.75) is 19.6 Å². The van der Waals surface area contributed by atoms with Crippen LogP contribution in [0.15, 0.2) is 67.0 Å². The van der Waals surface area contributed by atoms with Gasteiger partial charge in [0.05, 0.1) is 14.2 Å². The highest BCUT2D eigenvalue weighted by molar-refractivity contribution is 5.40. The second kappa shape index (κ2) is 9.14. The highest BCUT2D eigenvalue weighted by atomic mass is 19.1. The van der Waals surface area contributed by atoms with E-state index in [2.05, 4.69) is 9.88 Å². The normalized spacial score (nSPS) is 10.8. The van der Waals surface area contributed by atoms with Crippen LogP contribution >= 0.6 is 0 Å². The van der Waals surface area contributed by atoms with Gasteiger partial charge in [0, 0.05) is 49.2 Å². The molecule has 0 N–H and O–H groups in total. The van der Waals surface area contributed by atoms with Crippen molar-refractivity contribution in [1.29, 1.82) is 0 Å². The molecule has 0 fully saturated rings. The Bertz CT molecular complexity index is 871. The lowest BCUT2D eigenvalue weighted by Crippen LogP contribution is -2.23. The number of benzene rings is 2. The lowest BCUT2D eigenvalue weighted by molar-refractivity contribution is 0.240. The van der Waals surface area contributed by atoms with Gasteiger partial charge >= 0.3 is 0 Å². The number of nitrogens with zero attached hydrogens (tertiary/aromatic N) is 2. The summed E-state index contributed by atoms with van der Waals surface area (Å²) in [6.07, 6.45) is 3.58. The molecule has 0 amide bonds. The van der Waals surface area contributed by atoms with Crippen molar-refractivity contribution in [1.82, 2.24) is 9.88 Å². The van der Waals surface area contributed by atoms with Crippen molar-refractivity contribution in [3.8, 4) is 11.5 Å². The molecule has 2 aromatic carbocycles. The minimum atomic E-state index is -0.199. The van der Waals surface area contributed by atoms with Gasteiger partial charge in [0.15, 0.2) is 0 Å². The Balaban J connectivity index is 1.86. The summed E-state index contributed by atoms with van der Waals surface area (Å²) in [6, 6.07) is 16.5. The van der Waals surface area contributed by atoms with Crippen molar-refractivity contribution < 1.29 is 13.9 Å². The molecule has 0 saturated heterocycles. The zero-order chi connectivity index (χ0) is 19.1. The number of hydrogen-bond acceptors (Lipinski definition) is 4. The first-order valence-electron chi connectivity index (χ1n) is 8.75. The van der Waals surface area contributed by atoms with E-state index in [0.717, 1.165) is 22.6 Å². The summed E-state index contributed by atoms with van der Waals surface area (Å²) in [6.45, 7) is 1.74. The van der Waals surface area contributed by atoms with Gasteiger partial charge in [0.1, 0.15) is 17.3 Å². The van der Waals surface area contributed by atoms with E-state index in [9.17, 15) is 4.39 Å². The number of pyridine rings is 1. The second-order valence-electron chi connectivity index (χ2n) is 6.28. The summed E-state index contributed by atoms with van der Waals surface area (Å²) in [4.78, 5) is 6.35. The predicted octanol–water partition coefficient (Wildman–Crippen LogP) is 4.44. The zero-order valence-electron chi connectivity index (χ0n) is 15.6. The third-order valence-electron chi connectivity index (χ3n) is 4.37. The standard InChI is InChI=1S/C22H23FN2O2/c1-26-20-10-9-19(22(12-20)27-2)16-25(14-17-6-5-11-24-13-17)15-18-7-3-4-8-21(18)23/h3-13H,14-16H2,1-2H3. The summed E-state index contributed by atoms with van der Waals surface area (Å²) in [5, 5.41) is 0. The van der Waals surface area contributed by atoms with E-state index in [-0.39, 0.29) is 5.82 Å². The minimum Gasteiger partial charge on any atom is -0.497 e. The van der Waals surface area contributed by atoms with Gasteiger partial charge in [0.25, 0.3) is 0 Å². The summed E-state index contributed by atoms with van der Waals surface area (Å²) >= 11 is 0. The molecule has 0 bridgehead atoms. The Morgan fingerprint density at radius 1 is 0.889 bits per heavy atom. The maximum Gasteiger partial charge on any atom is 0.127 e. The first kappa shape index (κ1) is 18.9. The summed E-state index contributed by atoms with van der Waals surface area (Å²) < 4.78 is 25.0. The van der Waals surface area contributed by atoms with Crippen LogP contribution < -0.4 is 9.47 Å². The molecule has 0 radical (unpaired) electrons. The number of aromatic nitrogens is 1. The average Bonchev–Trinajstić information content (AvgIpc) is 2.70. The lowest BCUT2D eigenvalue weighted by atomic mass is 10.1. The van der Waals surface area contributed by atoms with Gasteiger partial charge in [0.2, 0.25) is 0 Å². The Morgan fingerprint density at radius 3 is 2.41 bits per heavy atom. The third kappa shape index (κ3) is 5.05. The van der Waals surface area contributed by atoms with Crippen molar-refractivity contribution in [3.05, 3.63) is 89.5 Å². The van der Waals surface area contributed by atoms with E-state index in [1.54, 1.807) is 26.5 Å². The molecule has 140 valence electrons. The van der Waals surface area contributed by atoms with Crippen LogP contribution in [0.5, 0.6) is 11.5 Å². The zero-order valence-corrected chi connectivity index (χ0v) is 15.6. The molecule has 5 heteroatoms. The summed E-state index contributed by atoms with van der Waals surface area (Å²) in [7, 11) is 3.27. The number of ether oxygens (including phenoxy) is 2. The molecule has 0 aliphatic rings. The van der Waals surface area contributed by atoms with E-state index in [1.165, 1.54) is 6.07 Å². The van der Waals surface area contributed by atoms with Crippen molar-refractivity contribution in [2.24, 2.45) is 0 Å². The fourth-order valence-electron chi connectivity index (χ4n) is 3.01. The monoisotopic (exact) mass is 366 g/mol. The predicted molar refractivity (Wildman–Crippen MR) is 103 cm³/mol. The minimum absolute atomic E-state index is 0.199. The average molecular weight is 366 g/mol. The molecule has 4 nitrogen and oxygen atoms in total. The van der Waals surface area contributed by atoms with Crippen LogP contribution in [0, 0.1) is 5.82 Å². The molecule has 0 aliphatic carbocycles. The molecule has 3 aromatic rings. The summed E-state index contributed by atoms with van der Waals surface area (Å²) in [5.41, 5.74) is 2.74. The van der Waals surface area contributed by atoms with Crippen LogP contribution in [-0.4, -0.2) is 24.1 Å². The van der Waals surface area contributed by atoms with Gasteiger partial charge in [-0.25, -0.2) is 4.39 Å². The van der Waals surface area contributed by atoms with Crippen LogP contribution in [-0.2, 0) is 19.6 Å². The lowest BCUT2D eigenvalue weighted by Gasteiger charge is -2.24. The van der Waals surface area contributed by atoms with Gasteiger partial charge in [-0.05, 0) is 23.8 Å². The smallest absolute Gasteiger partial charge is 0.127 e. The molecular weight excluding hydrogens is 343 g/mol. The molecule has 1 aromatic heterocycles. The van der Waals surface area contributed by atoms with Crippen molar-refractivity contribution in [2.75, 3.05) is 14.2 Å². The van der Waals surface area contributed by atoms with Crippen LogP contribution in [0.1, 0.15) is 16.7 Å². The Labute approximate surface area is 159 Å². The fourth-order valence-corrected chi connectivity index (χ4v) is 3.01. The molecule has 27 heavy (non-hydrogen) atoms. The SMILES string of the molecule is COc1ccc(CN(Cc2cccnc2)Cc2ccccc2F)c(OC)c1. The van der Waals surface area contributed by atoms with E-state index >= 15 is 0 Å². The van der Waals surface area contributed by atoms with Crippen LogP contribution in [0.4, 0.5) is 4.39 Å². The maximum atomic E-state index is 14.2. The van der Waals surface area contributed by atoms with E-state index < -0.39 is 0 Å². The van der Waals surface area contributed by atoms with Crippen LogP contribution in [0.2, 0.25) is 0 Å². The largest absolute Gasteiger partial charge is 0.497 e. The highest BCUT2D eigenvalue weighted by Crippen LogP contribution is 2.27. The number of methoxy groups -OCH3 is 2. The number of rotatable bonds is 8. The van der Waals surface area contributed by atoms with Gasteiger partial charge in [-0.2, -0.15) is 0 Å². The first-order chi connectivity index (χ1) is 13.2. The third-order valence-corrected chi connectivity index (χ3v) is 4.37. The van der Waals surface area contributed by atoms with Crippen molar-refractivity contribution >= 4 is 0 Å². The van der Waals surface area contributed by atoms with Gasteiger partial charge in [-0.15, -0.1) is 0 Å². The van der Waals surface area contributed by atoms with E-state index in [0.29, 0.717) is 25.2 Å². The first-order valence-corrected chi connectivity index (χ1v) is 8.75. The number of halogens is 1. The van der Waals surface area contributed by atoms with Crippen molar-refractivity contribution in [3.63, 3.8) is 0 Å². The molecule has 0 aliphatic heterocycles. The van der Waals surface area contributed by atoms with Gasteiger partial charge in [-0.3, -0.25) is 9.88 Å². The molecule has 3 rings (SSSR count). The molecule has 0 atom stereocenters. The molecule has 0 spiro atoms. The molecule has 1 heterocycles. The Kier molecular flexibility index (Phi) is 6.39. The topological polar surface area (TPSA) is 34.6 Å². The fraction of sp³-hybridized carbons (Fsp3) is 0.227. The van der Waals surface area contributed by atoms with Crippen LogP contribution in [0.3, 0.4) is 0 Å². The Morgan fingerprint density at radius 2 is 1.70 bits per heavy atom. The molecule has 0 unspecified atom stereocenters. The summed E-state index contributed by atoms with van der Waals surface area (Å²) in [5.74, 6) is 1.29. The Hall–Kier alpha value is -2.92. The van der Waals surface area contributed by atoms with Crippen LogP contribution in [0.25, 0.3) is 0 Å². The highest BCUT2D eigenvalue weighted by Gasteiger charge is 2.14. The quantitative estimate of drug-likeness (QED) is 0.590.